The second-order valence-corrected chi connectivity index (χ2v) is 7.55. The van der Waals surface area contributed by atoms with E-state index in [0.717, 1.165) is 36.3 Å². The molecule has 7 heteroatoms. The van der Waals surface area contributed by atoms with Crippen LogP contribution >= 0.6 is 0 Å². The van der Waals surface area contributed by atoms with Crippen LogP contribution in [-0.4, -0.2) is 49.0 Å². The molecule has 2 N–H and O–H groups in total. The number of carbonyl (C=O) groups excluding carboxylic acids is 2. The molecule has 0 unspecified atom stereocenters. The molecule has 1 aliphatic carbocycles. The van der Waals surface area contributed by atoms with E-state index in [0.29, 0.717) is 6.42 Å². The van der Waals surface area contributed by atoms with E-state index in [9.17, 15) is 14.7 Å². The molecule has 4 atom stereocenters. The molecular formula is C20H25NO6. The number of fused-ring (bicyclic) bond motifs is 3. The van der Waals surface area contributed by atoms with Crippen molar-refractivity contribution in [3.63, 3.8) is 0 Å². The first kappa shape index (κ1) is 18.3. The molecule has 0 bridgehead atoms. The van der Waals surface area contributed by atoms with Crippen molar-refractivity contribution in [1.82, 2.24) is 0 Å². The van der Waals surface area contributed by atoms with E-state index in [2.05, 4.69) is 5.32 Å². The summed E-state index contributed by atoms with van der Waals surface area (Å²) in [6.45, 7) is -0.182. The minimum absolute atomic E-state index is 0.00103. The standard InChI is InChI=1S/C20H25NO6/c1-25-18(23)9-13-8-15-14-7-12(21-20(24)11-3-2-4-11)5-6-16(14)27-19(15)17(10-22)26-13/h5-7,11,13,15,17,19,22H,2-4,8-10H2,1H3,(H,21,24)/t13-,15-,17+,19+/m0/s1. The highest BCUT2D eigenvalue weighted by Gasteiger charge is 2.46. The number of methoxy groups -OCH3 is 1. The molecule has 7 nitrogen and oxygen atoms in total. The molecule has 0 spiro atoms. The second-order valence-electron chi connectivity index (χ2n) is 7.55. The molecule has 1 saturated heterocycles. The van der Waals surface area contributed by atoms with E-state index >= 15 is 0 Å². The average molecular weight is 375 g/mol. The lowest BCUT2D eigenvalue weighted by Crippen LogP contribution is -2.46. The zero-order valence-electron chi connectivity index (χ0n) is 15.3. The van der Waals surface area contributed by atoms with Crippen molar-refractivity contribution in [1.29, 1.82) is 0 Å². The van der Waals surface area contributed by atoms with Crippen LogP contribution in [0.2, 0.25) is 0 Å². The molecule has 2 aliphatic heterocycles. The number of carbonyl (C=O) groups is 2. The maximum Gasteiger partial charge on any atom is 0.308 e. The third kappa shape index (κ3) is 3.53. The van der Waals surface area contributed by atoms with Crippen molar-refractivity contribution in [3.8, 4) is 5.75 Å². The van der Waals surface area contributed by atoms with Crippen LogP contribution < -0.4 is 10.1 Å². The summed E-state index contributed by atoms with van der Waals surface area (Å²) in [6, 6.07) is 5.65. The lowest BCUT2D eigenvalue weighted by atomic mass is 9.83. The fourth-order valence-electron chi connectivity index (χ4n) is 4.15. The van der Waals surface area contributed by atoms with Crippen LogP contribution in [0.5, 0.6) is 5.75 Å². The Bertz CT molecular complexity index is 731. The van der Waals surface area contributed by atoms with Crippen molar-refractivity contribution >= 4 is 17.6 Å². The molecule has 2 fully saturated rings. The largest absolute Gasteiger partial charge is 0.487 e. The summed E-state index contributed by atoms with van der Waals surface area (Å²) in [4.78, 5) is 23.9. The van der Waals surface area contributed by atoms with E-state index in [1.807, 2.05) is 18.2 Å². The van der Waals surface area contributed by atoms with Gasteiger partial charge in [0.05, 0.1) is 26.2 Å². The first-order valence-corrected chi connectivity index (χ1v) is 9.53. The Morgan fingerprint density at radius 2 is 2.15 bits per heavy atom. The van der Waals surface area contributed by atoms with Gasteiger partial charge in [0.2, 0.25) is 5.91 Å². The monoisotopic (exact) mass is 375 g/mol. The molecule has 1 aromatic rings. The van der Waals surface area contributed by atoms with Crippen LogP contribution in [0.3, 0.4) is 0 Å². The molecule has 3 aliphatic rings. The highest BCUT2D eigenvalue weighted by atomic mass is 16.6. The smallest absolute Gasteiger partial charge is 0.308 e. The minimum Gasteiger partial charge on any atom is -0.487 e. The SMILES string of the molecule is COC(=O)C[C@@H]1C[C@H]2c3cc(NC(=O)C4CCC4)ccc3O[C@H]2[C@@H](CO)O1. The predicted molar refractivity (Wildman–Crippen MR) is 96.6 cm³/mol. The number of amides is 1. The number of hydrogen-bond acceptors (Lipinski definition) is 6. The van der Waals surface area contributed by atoms with Crippen LogP contribution in [0, 0.1) is 5.92 Å². The van der Waals surface area contributed by atoms with Gasteiger partial charge in [-0.25, -0.2) is 0 Å². The topological polar surface area (TPSA) is 94.1 Å². The Morgan fingerprint density at radius 3 is 2.81 bits per heavy atom. The number of anilines is 1. The van der Waals surface area contributed by atoms with Gasteiger partial charge >= 0.3 is 5.97 Å². The number of esters is 1. The summed E-state index contributed by atoms with van der Waals surface area (Å²) in [6.07, 6.45) is 2.63. The van der Waals surface area contributed by atoms with Crippen molar-refractivity contribution in [3.05, 3.63) is 23.8 Å². The summed E-state index contributed by atoms with van der Waals surface area (Å²) in [5.74, 6) is 0.596. The van der Waals surface area contributed by atoms with Gasteiger partial charge in [-0.15, -0.1) is 0 Å². The molecule has 27 heavy (non-hydrogen) atoms. The second kappa shape index (κ2) is 7.48. The van der Waals surface area contributed by atoms with Crippen molar-refractivity contribution in [2.24, 2.45) is 5.92 Å². The summed E-state index contributed by atoms with van der Waals surface area (Å²) >= 11 is 0. The lowest BCUT2D eigenvalue weighted by molar-refractivity contribution is -0.156. The van der Waals surface area contributed by atoms with E-state index < -0.39 is 6.10 Å². The van der Waals surface area contributed by atoms with E-state index in [1.54, 1.807) is 0 Å². The fourth-order valence-corrected chi connectivity index (χ4v) is 4.15. The highest BCUT2D eigenvalue weighted by molar-refractivity contribution is 5.93. The molecule has 2 heterocycles. The van der Waals surface area contributed by atoms with Crippen LogP contribution in [0.4, 0.5) is 5.69 Å². The van der Waals surface area contributed by atoms with Gasteiger partial charge < -0.3 is 24.6 Å². The predicted octanol–water partition coefficient (Wildman–Crippen LogP) is 1.98. The normalized spacial score (nSPS) is 29.1. The minimum atomic E-state index is -0.501. The number of aliphatic hydroxyl groups is 1. The lowest BCUT2D eigenvalue weighted by Gasteiger charge is -2.36. The third-order valence-electron chi connectivity index (χ3n) is 5.86. The van der Waals surface area contributed by atoms with E-state index in [4.69, 9.17) is 14.2 Å². The number of benzene rings is 1. The summed E-state index contributed by atoms with van der Waals surface area (Å²) in [7, 11) is 1.35. The van der Waals surface area contributed by atoms with Gasteiger partial charge in [0, 0.05) is 23.1 Å². The van der Waals surface area contributed by atoms with Crippen LogP contribution in [0.15, 0.2) is 18.2 Å². The Hall–Kier alpha value is -2.12. The molecule has 146 valence electrons. The molecule has 0 aromatic heterocycles. The molecule has 4 rings (SSSR count). The number of nitrogens with one attached hydrogen (secondary N) is 1. The van der Waals surface area contributed by atoms with Crippen molar-refractivity contribution in [2.75, 3.05) is 19.0 Å². The van der Waals surface area contributed by atoms with Gasteiger partial charge in [-0.2, -0.15) is 0 Å². The van der Waals surface area contributed by atoms with Crippen molar-refractivity contribution < 1.29 is 28.9 Å². The van der Waals surface area contributed by atoms with Gasteiger partial charge in [-0.3, -0.25) is 9.59 Å². The maximum absolute atomic E-state index is 12.2. The van der Waals surface area contributed by atoms with Gasteiger partial charge in [0.15, 0.2) is 0 Å². The van der Waals surface area contributed by atoms with E-state index in [-0.39, 0.29) is 48.9 Å². The Kier molecular flexibility index (Phi) is 5.06. The summed E-state index contributed by atoms with van der Waals surface area (Å²) < 4.78 is 16.6. The highest BCUT2D eigenvalue weighted by Crippen LogP contribution is 2.47. The van der Waals surface area contributed by atoms with Gasteiger partial charge in [-0.1, -0.05) is 6.42 Å². The van der Waals surface area contributed by atoms with Gasteiger partial charge in [0.25, 0.3) is 0 Å². The summed E-state index contributed by atoms with van der Waals surface area (Å²) in [5.41, 5.74) is 1.74. The van der Waals surface area contributed by atoms with E-state index in [1.165, 1.54) is 7.11 Å². The number of ether oxygens (including phenoxy) is 3. The molecule has 1 amide bonds. The molecular weight excluding hydrogens is 350 g/mol. The van der Waals surface area contributed by atoms with Gasteiger partial charge in [-0.05, 0) is 37.5 Å². The maximum atomic E-state index is 12.2. The molecule has 1 aromatic carbocycles. The first-order valence-electron chi connectivity index (χ1n) is 9.53. The van der Waals surface area contributed by atoms with Crippen molar-refractivity contribution in [2.45, 2.75) is 56.3 Å². The Balaban J connectivity index is 1.52. The van der Waals surface area contributed by atoms with Crippen LogP contribution in [-0.2, 0) is 19.1 Å². The number of aliphatic hydroxyl groups excluding tert-OH is 1. The Labute approximate surface area is 158 Å². The Morgan fingerprint density at radius 1 is 1.33 bits per heavy atom. The zero-order chi connectivity index (χ0) is 19.0. The molecule has 0 radical (unpaired) electrons. The first-order chi connectivity index (χ1) is 13.1. The fraction of sp³-hybridized carbons (Fsp3) is 0.600. The third-order valence-corrected chi connectivity index (χ3v) is 5.86. The van der Waals surface area contributed by atoms with Crippen LogP contribution in [0.25, 0.3) is 0 Å². The van der Waals surface area contributed by atoms with Gasteiger partial charge in [0.1, 0.15) is 18.0 Å². The summed E-state index contributed by atoms with van der Waals surface area (Å²) in [5, 5.41) is 12.7. The molecule has 1 saturated carbocycles. The van der Waals surface area contributed by atoms with Crippen LogP contribution in [0.1, 0.15) is 43.6 Å². The number of hydrogen-bond donors (Lipinski definition) is 2. The zero-order valence-corrected chi connectivity index (χ0v) is 15.3. The number of rotatable bonds is 5. The quantitative estimate of drug-likeness (QED) is 0.765. The average Bonchev–Trinajstić information content (AvgIpc) is 2.97.